The Morgan fingerprint density at radius 1 is 0.952 bits per heavy atom. The Morgan fingerprint density at radius 2 is 1.57 bits per heavy atom. The number of hydrogen-bond donors (Lipinski definition) is 2. The van der Waals surface area contributed by atoms with Gasteiger partial charge in [-0.2, -0.15) is 0 Å². The van der Waals surface area contributed by atoms with Crippen LogP contribution in [-0.2, 0) is 4.79 Å². The van der Waals surface area contributed by atoms with Gasteiger partial charge in [0.25, 0.3) is 5.91 Å². The molecular weight excluding hydrogens is 264 g/mol. The van der Waals surface area contributed by atoms with Crippen molar-refractivity contribution in [2.75, 3.05) is 5.32 Å². The van der Waals surface area contributed by atoms with E-state index in [1.54, 1.807) is 24.3 Å². The van der Waals surface area contributed by atoms with Crippen LogP contribution in [0.1, 0.15) is 35.8 Å². The summed E-state index contributed by atoms with van der Waals surface area (Å²) in [7, 11) is 0. The molecule has 0 aliphatic rings. The molecule has 4 nitrogen and oxygen atoms in total. The number of carbonyl (C=O) groups excluding carboxylic acids is 2. The van der Waals surface area contributed by atoms with E-state index in [1.165, 1.54) is 6.92 Å². The number of hydrogen-bond acceptors (Lipinski definition) is 2. The van der Waals surface area contributed by atoms with Crippen molar-refractivity contribution in [3.05, 3.63) is 65.7 Å². The minimum Gasteiger partial charge on any atom is -0.346 e. The van der Waals surface area contributed by atoms with Crippen LogP contribution in [0.25, 0.3) is 0 Å². The van der Waals surface area contributed by atoms with E-state index in [4.69, 9.17) is 0 Å². The molecule has 0 aliphatic carbocycles. The molecule has 0 saturated heterocycles. The van der Waals surface area contributed by atoms with Gasteiger partial charge in [-0.05, 0) is 36.8 Å². The van der Waals surface area contributed by atoms with Crippen LogP contribution in [0.15, 0.2) is 54.6 Å². The first-order valence-corrected chi connectivity index (χ1v) is 6.79. The van der Waals surface area contributed by atoms with Gasteiger partial charge in [0.1, 0.15) is 0 Å². The summed E-state index contributed by atoms with van der Waals surface area (Å²) in [6, 6.07) is 16.5. The molecule has 0 spiro atoms. The Bertz CT molecular complexity index is 621. The van der Waals surface area contributed by atoms with Crippen molar-refractivity contribution < 1.29 is 9.59 Å². The lowest BCUT2D eigenvalue weighted by Gasteiger charge is -2.14. The topological polar surface area (TPSA) is 58.2 Å². The second-order valence-electron chi connectivity index (χ2n) is 4.86. The maximum Gasteiger partial charge on any atom is 0.251 e. The van der Waals surface area contributed by atoms with Crippen LogP contribution >= 0.6 is 0 Å². The van der Waals surface area contributed by atoms with Crippen molar-refractivity contribution in [3.63, 3.8) is 0 Å². The molecule has 2 aromatic rings. The Balaban J connectivity index is 2.01. The molecule has 1 atom stereocenters. The molecule has 2 aromatic carbocycles. The van der Waals surface area contributed by atoms with Gasteiger partial charge >= 0.3 is 0 Å². The summed E-state index contributed by atoms with van der Waals surface area (Å²) in [5.41, 5.74) is 2.29. The molecule has 0 bridgehead atoms. The summed E-state index contributed by atoms with van der Waals surface area (Å²) in [6.07, 6.45) is 0. The van der Waals surface area contributed by atoms with Crippen LogP contribution in [0.2, 0.25) is 0 Å². The molecule has 0 saturated carbocycles. The minimum atomic E-state index is -0.138. The van der Waals surface area contributed by atoms with Crippen molar-refractivity contribution in [3.8, 4) is 0 Å². The van der Waals surface area contributed by atoms with Crippen LogP contribution in [0.5, 0.6) is 0 Å². The molecule has 0 fully saturated rings. The van der Waals surface area contributed by atoms with Crippen LogP contribution in [0.3, 0.4) is 0 Å². The van der Waals surface area contributed by atoms with Gasteiger partial charge in [-0.3, -0.25) is 9.59 Å². The van der Waals surface area contributed by atoms with E-state index < -0.39 is 0 Å². The predicted octanol–water partition coefficient (Wildman–Crippen LogP) is 3.14. The number of amides is 2. The first-order chi connectivity index (χ1) is 10.1. The summed E-state index contributed by atoms with van der Waals surface area (Å²) in [4.78, 5) is 23.1. The molecule has 0 aromatic heterocycles. The molecule has 0 heterocycles. The van der Waals surface area contributed by atoms with E-state index in [2.05, 4.69) is 10.6 Å². The highest BCUT2D eigenvalue weighted by atomic mass is 16.2. The highest BCUT2D eigenvalue weighted by molar-refractivity contribution is 5.95. The molecule has 2 rings (SSSR count). The Morgan fingerprint density at radius 3 is 2.14 bits per heavy atom. The van der Waals surface area contributed by atoms with Gasteiger partial charge in [-0.25, -0.2) is 0 Å². The number of carbonyl (C=O) groups is 2. The summed E-state index contributed by atoms with van der Waals surface area (Å²) >= 11 is 0. The molecule has 2 N–H and O–H groups in total. The maximum absolute atomic E-state index is 12.2. The van der Waals surface area contributed by atoms with Crippen LogP contribution in [0, 0.1) is 0 Å². The lowest BCUT2D eigenvalue weighted by Crippen LogP contribution is -2.26. The average Bonchev–Trinajstić information content (AvgIpc) is 2.48. The minimum absolute atomic E-state index is 0.0614. The molecular formula is C17H18N2O2. The predicted molar refractivity (Wildman–Crippen MR) is 83.1 cm³/mol. The summed E-state index contributed by atoms with van der Waals surface area (Å²) in [6.45, 7) is 3.39. The van der Waals surface area contributed by atoms with Gasteiger partial charge < -0.3 is 10.6 Å². The highest BCUT2D eigenvalue weighted by Gasteiger charge is 2.11. The maximum atomic E-state index is 12.2. The lowest BCUT2D eigenvalue weighted by atomic mass is 10.1. The fraction of sp³-hybridized carbons (Fsp3) is 0.176. The van der Waals surface area contributed by atoms with E-state index in [0.29, 0.717) is 11.3 Å². The second-order valence-corrected chi connectivity index (χ2v) is 4.86. The van der Waals surface area contributed by atoms with E-state index in [0.717, 1.165) is 5.56 Å². The van der Waals surface area contributed by atoms with E-state index >= 15 is 0 Å². The number of benzene rings is 2. The van der Waals surface area contributed by atoms with Gasteiger partial charge in [0, 0.05) is 18.2 Å². The first kappa shape index (κ1) is 14.8. The summed E-state index contributed by atoms with van der Waals surface area (Å²) in [5, 5.41) is 5.61. The largest absolute Gasteiger partial charge is 0.346 e. The normalized spacial score (nSPS) is 11.5. The second kappa shape index (κ2) is 6.70. The summed E-state index contributed by atoms with van der Waals surface area (Å²) in [5.74, 6) is -0.273. The van der Waals surface area contributed by atoms with Gasteiger partial charge in [0.05, 0.1) is 6.04 Å². The molecule has 4 heteroatoms. The van der Waals surface area contributed by atoms with Crippen molar-refractivity contribution in [2.45, 2.75) is 19.9 Å². The van der Waals surface area contributed by atoms with Gasteiger partial charge in [-0.15, -0.1) is 0 Å². The monoisotopic (exact) mass is 282 g/mol. The third-order valence-electron chi connectivity index (χ3n) is 3.11. The fourth-order valence-corrected chi connectivity index (χ4v) is 2.01. The molecule has 0 aliphatic heterocycles. The Kier molecular flexibility index (Phi) is 4.72. The van der Waals surface area contributed by atoms with Gasteiger partial charge in [0.2, 0.25) is 5.91 Å². The zero-order valence-electron chi connectivity index (χ0n) is 12.1. The van der Waals surface area contributed by atoms with Crippen LogP contribution < -0.4 is 10.6 Å². The first-order valence-electron chi connectivity index (χ1n) is 6.79. The zero-order valence-corrected chi connectivity index (χ0v) is 12.1. The highest BCUT2D eigenvalue weighted by Crippen LogP contribution is 2.14. The van der Waals surface area contributed by atoms with E-state index in [-0.39, 0.29) is 17.9 Å². The van der Waals surface area contributed by atoms with Crippen LogP contribution in [-0.4, -0.2) is 11.8 Å². The van der Waals surface area contributed by atoms with Gasteiger partial charge in [0.15, 0.2) is 0 Å². The molecule has 2 amide bonds. The molecule has 0 radical (unpaired) electrons. The van der Waals surface area contributed by atoms with Crippen molar-refractivity contribution in [2.24, 2.45) is 0 Å². The fourth-order valence-electron chi connectivity index (χ4n) is 2.01. The third kappa shape index (κ3) is 4.18. The van der Waals surface area contributed by atoms with Crippen LogP contribution in [0.4, 0.5) is 5.69 Å². The van der Waals surface area contributed by atoms with Gasteiger partial charge in [-0.1, -0.05) is 30.3 Å². The SMILES string of the molecule is CC(=O)Nc1ccc(C(=O)NC(C)c2ccccc2)cc1. The van der Waals surface area contributed by atoms with Crippen molar-refractivity contribution in [1.82, 2.24) is 5.32 Å². The Labute approximate surface area is 124 Å². The Hall–Kier alpha value is -2.62. The standard InChI is InChI=1S/C17H18N2O2/c1-12(14-6-4-3-5-7-14)18-17(21)15-8-10-16(11-9-15)19-13(2)20/h3-12H,1-2H3,(H,18,21)(H,19,20). The molecule has 1 unspecified atom stereocenters. The number of rotatable bonds is 4. The molecule has 21 heavy (non-hydrogen) atoms. The smallest absolute Gasteiger partial charge is 0.251 e. The van der Waals surface area contributed by atoms with E-state index in [1.807, 2.05) is 37.3 Å². The van der Waals surface area contributed by atoms with Crippen molar-refractivity contribution in [1.29, 1.82) is 0 Å². The zero-order chi connectivity index (χ0) is 15.2. The quantitative estimate of drug-likeness (QED) is 0.905. The third-order valence-corrected chi connectivity index (χ3v) is 3.11. The number of anilines is 1. The number of nitrogens with one attached hydrogen (secondary N) is 2. The lowest BCUT2D eigenvalue weighted by molar-refractivity contribution is -0.114. The van der Waals surface area contributed by atoms with E-state index in [9.17, 15) is 9.59 Å². The molecule has 108 valence electrons. The summed E-state index contributed by atoms with van der Waals surface area (Å²) < 4.78 is 0. The average molecular weight is 282 g/mol. The van der Waals surface area contributed by atoms with Crippen molar-refractivity contribution >= 4 is 17.5 Å².